The fourth-order valence-corrected chi connectivity index (χ4v) is 2.50. The minimum absolute atomic E-state index is 0.0599. The van der Waals surface area contributed by atoms with Gasteiger partial charge in [0.15, 0.2) is 11.5 Å². The zero-order valence-electron chi connectivity index (χ0n) is 12.9. The number of aliphatic carboxylic acids is 1. The van der Waals surface area contributed by atoms with Crippen molar-refractivity contribution >= 4 is 11.9 Å². The number of allylic oxidation sites excluding steroid dienone is 1. The molecular weight excluding hydrogens is 300 g/mol. The first kappa shape index (κ1) is 14.9. The molecule has 23 heavy (non-hydrogen) atoms. The van der Waals surface area contributed by atoms with E-state index in [0.717, 1.165) is 5.56 Å². The summed E-state index contributed by atoms with van der Waals surface area (Å²) in [5.74, 6) is 1.05. The van der Waals surface area contributed by atoms with Crippen molar-refractivity contribution in [1.29, 1.82) is 0 Å². The lowest BCUT2D eigenvalue weighted by atomic mass is 10.0. The number of fused-ring (bicyclic) bond motifs is 1. The molecule has 1 aromatic carbocycles. The number of carboxylic acids is 1. The van der Waals surface area contributed by atoms with Gasteiger partial charge in [0.2, 0.25) is 5.95 Å². The van der Waals surface area contributed by atoms with E-state index < -0.39 is 12.0 Å². The van der Waals surface area contributed by atoms with Gasteiger partial charge in [0.05, 0.1) is 14.2 Å². The Kier molecular flexibility index (Phi) is 3.65. The Balaban J connectivity index is 2.11. The monoisotopic (exact) mass is 316 g/mol. The molecule has 2 aromatic rings. The average molecular weight is 316 g/mol. The van der Waals surface area contributed by atoms with Crippen molar-refractivity contribution in [3.05, 3.63) is 41.4 Å². The largest absolute Gasteiger partial charge is 0.493 e. The third-order valence-electron chi connectivity index (χ3n) is 3.55. The van der Waals surface area contributed by atoms with Crippen molar-refractivity contribution in [1.82, 2.24) is 14.8 Å². The SMILES string of the molecule is COc1ccc([C@H]2C=C(C(=O)O)Nc3nc(C)nn32)cc1OC. The summed E-state index contributed by atoms with van der Waals surface area (Å²) >= 11 is 0. The van der Waals surface area contributed by atoms with Crippen LogP contribution in [0.5, 0.6) is 11.5 Å². The molecule has 0 spiro atoms. The van der Waals surface area contributed by atoms with Crippen LogP contribution >= 0.6 is 0 Å². The Hall–Kier alpha value is -3.03. The summed E-state index contributed by atoms with van der Waals surface area (Å²) in [7, 11) is 3.11. The van der Waals surface area contributed by atoms with Gasteiger partial charge in [0, 0.05) is 0 Å². The molecule has 120 valence electrons. The maximum absolute atomic E-state index is 11.3. The fraction of sp³-hybridized carbons (Fsp3) is 0.267. The molecule has 0 saturated carbocycles. The number of aryl methyl sites for hydroxylation is 1. The number of hydrogen-bond acceptors (Lipinski definition) is 6. The summed E-state index contributed by atoms with van der Waals surface area (Å²) < 4.78 is 12.2. The number of methoxy groups -OCH3 is 2. The second kappa shape index (κ2) is 5.64. The lowest BCUT2D eigenvalue weighted by molar-refractivity contribution is -0.132. The van der Waals surface area contributed by atoms with Crippen LogP contribution in [0, 0.1) is 6.92 Å². The summed E-state index contributed by atoms with van der Waals surface area (Å²) in [4.78, 5) is 15.6. The van der Waals surface area contributed by atoms with Crippen molar-refractivity contribution in [2.24, 2.45) is 0 Å². The summed E-state index contributed by atoms with van der Waals surface area (Å²) in [6.07, 6.45) is 1.59. The van der Waals surface area contributed by atoms with E-state index in [0.29, 0.717) is 23.3 Å². The van der Waals surface area contributed by atoms with Gasteiger partial charge in [-0.3, -0.25) is 0 Å². The lowest BCUT2D eigenvalue weighted by Crippen LogP contribution is -2.24. The third kappa shape index (κ3) is 2.59. The van der Waals surface area contributed by atoms with Gasteiger partial charge < -0.3 is 19.9 Å². The van der Waals surface area contributed by atoms with E-state index in [2.05, 4.69) is 15.4 Å². The topological polar surface area (TPSA) is 98.5 Å². The van der Waals surface area contributed by atoms with Crippen LogP contribution in [0.15, 0.2) is 30.0 Å². The normalized spacial score (nSPS) is 16.1. The van der Waals surface area contributed by atoms with Gasteiger partial charge in [-0.1, -0.05) is 6.07 Å². The van der Waals surface area contributed by atoms with Crippen LogP contribution in [0.25, 0.3) is 0 Å². The van der Waals surface area contributed by atoms with Crippen LogP contribution < -0.4 is 14.8 Å². The molecule has 3 rings (SSSR count). The maximum atomic E-state index is 11.3. The number of aromatic nitrogens is 3. The van der Waals surface area contributed by atoms with E-state index in [9.17, 15) is 9.90 Å². The van der Waals surface area contributed by atoms with Crippen molar-refractivity contribution in [3.8, 4) is 11.5 Å². The number of nitrogens with one attached hydrogen (secondary N) is 1. The average Bonchev–Trinajstić information content (AvgIpc) is 2.93. The molecule has 1 aliphatic rings. The van der Waals surface area contributed by atoms with Gasteiger partial charge in [0.25, 0.3) is 0 Å². The Morgan fingerprint density at radius 3 is 2.70 bits per heavy atom. The summed E-state index contributed by atoms with van der Waals surface area (Å²) in [6.45, 7) is 1.75. The number of nitrogens with zero attached hydrogens (tertiary/aromatic N) is 3. The molecule has 1 aromatic heterocycles. The number of benzene rings is 1. The molecule has 0 saturated heterocycles. The second-order valence-corrected chi connectivity index (χ2v) is 5.00. The Labute approximate surface area is 132 Å². The number of carboxylic acid groups (broad SMARTS) is 1. The van der Waals surface area contributed by atoms with E-state index in [-0.39, 0.29) is 5.70 Å². The minimum Gasteiger partial charge on any atom is -0.493 e. The van der Waals surface area contributed by atoms with Crippen molar-refractivity contribution in [2.45, 2.75) is 13.0 Å². The molecule has 0 radical (unpaired) electrons. The van der Waals surface area contributed by atoms with Crippen molar-refractivity contribution < 1.29 is 19.4 Å². The summed E-state index contributed by atoms with van der Waals surface area (Å²) in [5, 5.41) is 16.4. The quantitative estimate of drug-likeness (QED) is 0.883. The lowest BCUT2D eigenvalue weighted by Gasteiger charge is -2.23. The second-order valence-electron chi connectivity index (χ2n) is 5.00. The number of rotatable bonds is 4. The molecular formula is C15H16N4O4. The van der Waals surface area contributed by atoms with Crippen LogP contribution in [0.4, 0.5) is 5.95 Å². The van der Waals surface area contributed by atoms with Gasteiger partial charge in [-0.15, -0.1) is 0 Å². The highest BCUT2D eigenvalue weighted by molar-refractivity contribution is 5.90. The van der Waals surface area contributed by atoms with Crippen LogP contribution in [0.1, 0.15) is 17.4 Å². The first-order valence-corrected chi connectivity index (χ1v) is 6.90. The standard InChI is InChI=1S/C15H16N4O4/c1-8-16-15-17-10(14(20)21)7-11(19(15)18-8)9-4-5-12(22-2)13(6-9)23-3/h4-7,11H,1-3H3,(H,20,21)(H,16,17,18)/t11-/m1/s1. The van der Waals surface area contributed by atoms with Gasteiger partial charge in [0.1, 0.15) is 17.6 Å². The van der Waals surface area contributed by atoms with Crippen molar-refractivity contribution in [2.75, 3.05) is 19.5 Å². The van der Waals surface area contributed by atoms with Crippen LogP contribution in [0.3, 0.4) is 0 Å². The highest BCUT2D eigenvalue weighted by Gasteiger charge is 2.27. The van der Waals surface area contributed by atoms with E-state index in [1.165, 1.54) is 0 Å². The molecule has 0 unspecified atom stereocenters. The zero-order valence-corrected chi connectivity index (χ0v) is 12.9. The fourth-order valence-electron chi connectivity index (χ4n) is 2.50. The first-order valence-electron chi connectivity index (χ1n) is 6.90. The van der Waals surface area contributed by atoms with E-state index in [4.69, 9.17) is 9.47 Å². The van der Waals surface area contributed by atoms with Crippen LogP contribution in [-0.2, 0) is 4.79 Å². The predicted octanol–water partition coefficient (Wildman–Crippen LogP) is 1.59. The summed E-state index contributed by atoms with van der Waals surface area (Å²) in [6, 6.07) is 5.01. The minimum atomic E-state index is -1.05. The number of anilines is 1. The van der Waals surface area contributed by atoms with Gasteiger partial charge in [-0.2, -0.15) is 10.1 Å². The molecule has 0 amide bonds. The van der Waals surface area contributed by atoms with Crippen molar-refractivity contribution in [3.63, 3.8) is 0 Å². The molecule has 2 heterocycles. The van der Waals surface area contributed by atoms with Crippen LogP contribution in [-0.4, -0.2) is 40.1 Å². The molecule has 2 N–H and O–H groups in total. The molecule has 0 aliphatic carbocycles. The Morgan fingerprint density at radius 1 is 1.30 bits per heavy atom. The number of hydrogen-bond donors (Lipinski definition) is 2. The van der Waals surface area contributed by atoms with Crippen LogP contribution in [0.2, 0.25) is 0 Å². The van der Waals surface area contributed by atoms with E-state index >= 15 is 0 Å². The smallest absolute Gasteiger partial charge is 0.352 e. The molecule has 8 nitrogen and oxygen atoms in total. The predicted molar refractivity (Wildman–Crippen MR) is 81.8 cm³/mol. The Bertz CT molecular complexity index is 797. The molecule has 8 heteroatoms. The maximum Gasteiger partial charge on any atom is 0.352 e. The van der Waals surface area contributed by atoms with E-state index in [1.807, 2.05) is 6.07 Å². The molecule has 1 aliphatic heterocycles. The zero-order chi connectivity index (χ0) is 16.6. The molecule has 1 atom stereocenters. The van der Waals surface area contributed by atoms with Gasteiger partial charge >= 0.3 is 5.97 Å². The first-order chi connectivity index (χ1) is 11.0. The number of ether oxygens (including phenoxy) is 2. The molecule has 0 fully saturated rings. The van der Waals surface area contributed by atoms with Gasteiger partial charge in [-0.05, 0) is 30.7 Å². The van der Waals surface area contributed by atoms with E-state index in [1.54, 1.807) is 44.0 Å². The third-order valence-corrected chi connectivity index (χ3v) is 3.55. The highest BCUT2D eigenvalue weighted by atomic mass is 16.5. The Morgan fingerprint density at radius 2 is 2.04 bits per heavy atom. The summed E-state index contributed by atoms with van der Waals surface area (Å²) in [5.41, 5.74) is 0.874. The molecule has 0 bridgehead atoms. The highest BCUT2D eigenvalue weighted by Crippen LogP contribution is 2.34. The number of carbonyl (C=O) groups is 1. The van der Waals surface area contributed by atoms with Gasteiger partial charge in [-0.25, -0.2) is 9.48 Å².